The summed E-state index contributed by atoms with van der Waals surface area (Å²) in [5.41, 5.74) is 1.47. The number of nitrogens with zero attached hydrogens (tertiary/aromatic N) is 1. The van der Waals surface area contributed by atoms with E-state index >= 15 is 0 Å². The minimum atomic E-state index is 0.568. The fourth-order valence-corrected chi connectivity index (χ4v) is 1.27. The van der Waals surface area contributed by atoms with Gasteiger partial charge in [0.1, 0.15) is 11.8 Å². The van der Waals surface area contributed by atoms with Crippen molar-refractivity contribution < 1.29 is 4.84 Å². The molecule has 0 aliphatic rings. The Labute approximate surface area is 74.5 Å². The molecule has 0 amide bonds. The molecule has 1 aromatic carbocycles. The smallest absolute Gasteiger partial charge is 0.148 e. The van der Waals surface area contributed by atoms with Crippen LogP contribution in [-0.4, -0.2) is 4.98 Å². The van der Waals surface area contributed by atoms with E-state index in [2.05, 4.69) is 15.9 Å². The number of fused-ring (bicyclic) bond motifs is 1. The molecule has 0 bridgehead atoms. The summed E-state index contributed by atoms with van der Waals surface area (Å²) in [5, 5.41) is 9.60. The van der Waals surface area contributed by atoms with E-state index in [1.54, 1.807) is 24.4 Å². The molecule has 0 aliphatic carbocycles. The van der Waals surface area contributed by atoms with Gasteiger partial charge in [-0.1, -0.05) is 0 Å². The van der Waals surface area contributed by atoms with Gasteiger partial charge in [0.2, 0.25) is 0 Å². The third-order valence-corrected chi connectivity index (χ3v) is 1.91. The monoisotopic (exact) mass is 173 g/mol. The molecule has 4 nitrogen and oxygen atoms in total. The standard InChI is InChI=1S/C9H7N3O/c10-4-6-5-12-9-3-7(13-11)1-2-8(6)9/h1-3,5,12H,11H2. The lowest BCUT2D eigenvalue weighted by Gasteiger charge is -1.96. The molecule has 0 saturated heterocycles. The number of rotatable bonds is 1. The Balaban J connectivity index is 2.70. The van der Waals surface area contributed by atoms with Gasteiger partial charge in [0.25, 0.3) is 0 Å². The number of nitrogens with one attached hydrogen (secondary N) is 1. The van der Waals surface area contributed by atoms with Gasteiger partial charge in [-0.15, -0.1) is 0 Å². The molecule has 64 valence electrons. The Bertz CT molecular complexity index is 481. The quantitative estimate of drug-likeness (QED) is 0.638. The van der Waals surface area contributed by atoms with Crippen molar-refractivity contribution in [3.05, 3.63) is 30.0 Å². The SMILES string of the molecule is N#Cc1c[nH]c2cc(ON)ccc12. The summed E-state index contributed by atoms with van der Waals surface area (Å²) >= 11 is 0. The topological polar surface area (TPSA) is 74.8 Å². The van der Waals surface area contributed by atoms with Gasteiger partial charge in [0, 0.05) is 17.6 Å². The first-order chi connectivity index (χ1) is 6.35. The average molecular weight is 173 g/mol. The van der Waals surface area contributed by atoms with E-state index < -0.39 is 0 Å². The van der Waals surface area contributed by atoms with Crippen LogP contribution in [0.25, 0.3) is 10.9 Å². The van der Waals surface area contributed by atoms with Crippen molar-refractivity contribution in [2.75, 3.05) is 0 Å². The van der Waals surface area contributed by atoms with E-state index in [0.29, 0.717) is 11.3 Å². The van der Waals surface area contributed by atoms with E-state index in [4.69, 9.17) is 11.2 Å². The maximum atomic E-state index is 8.73. The summed E-state index contributed by atoms with van der Waals surface area (Å²) in [6, 6.07) is 7.35. The van der Waals surface area contributed by atoms with Crippen LogP contribution in [0.3, 0.4) is 0 Å². The molecule has 1 aromatic heterocycles. The summed E-state index contributed by atoms with van der Waals surface area (Å²) in [6.07, 6.45) is 1.66. The molecule has 0 atom stereocenters. The molecule has 13 heavy (non-hydrogen) atoms. The fraction of sp³-hybridized carbons (Fsp3) is 0. The van der Waals surface area contributed by atoms with Gasteiger partial charge in [-0.3, -0.25) is 0 Å². The van der Waals surface area contributed by atoms with Crippen LogP contribution in [0.4, 0.5) is 0 Å². The second kappa shape index (κ2) is 2.81. The molecular weight excluding hydrogens is 166 g/mol. The zero-order valence-electron chi connectivity index (χ0n) is 6.74. The third kappa shape index (κ3) is 1.11. The van der Waals surface area contributed by atoms with Crippen LogP contribution in [0.15, 0.2) is 24.4 Å². The summed E-state index contributed by atoms with van der Waals surface area (Å²) < 4.78 is 0. The Morgan fingerprint density at radius 3 is 3.00 bits per heavy atom. The fourth-order valence-electron chi connectivity index (χ4n) is 1.27. The van der Waals surface area contributed by atoms with Gasteiger partial charge < -0.3 is 9.82 Å². The van der Waals surface area contributed by atoms with E-state index in [0.717, 1.165) is 10.9 Å². The number of aromatic nitrogens is 1. The van der Waals surface area contributed by atoms with Gasteiger partial charge >= 0.3 is 0 Å². The molecule has 0 spiro atoms. The van der Waals surface area contributed by atoms with Crippen molar-refractivity contribution in [2.24, 2.45) is 5.90 Å². The maximum Gasteiger partial charge on any atom is 0.148 e. The van der Waals surface area contributed by atoms with Crippen molar-refractivity contribution in [3.63, 3.8) is 0 Å². The highest BCUT2D eigenvalue weighted by Gasteiger charge is 2.03. The highest BCUT2D eigenvalue weighted by atomic mass is 16.6. The summed E-state index contributed by atoms with van der Waals surface area (Å²) in [6.45, 7) is 0. The molecule has 0 radical (unpaired) electrons. The number of aromatic amines is 1. The Hall–Kier alpha value is -1.99. The molecular formula is C9H7N3O. The molecule has 3 N–H and O–H groups in total. The highest BCUT2D eigenvalue weighted by Crippen LogP contribution is 2.21. The lowest BCUT2D eigenvalue weighted by molar-refractivity contribution is 0.335. The number of hydrogen-bond acceptors (Lipinski definition) is 3. The third-order valence-electron chi connectivity index (χ3n) is 1.91. The minimum Gasteiger partial charge on any atom is -0.411 e. The van der Waals surface area contributed by atoms with E-state index in [1.165, 1.54) is 0 Å². The molecule has 2 rings (SSSR count). The number of nitrogens with two attached hydrogens (primary N) is 1. The van der Waals surface area contributed by atoms with Crippen molar-refractivity contribution in [1.29, 1.82) is 5.26 Å². The first kappa shape index (κ1) is 7.65. The number of benzene rings is 1. The molecule has 2 aromatic rings. The lowest BCUT2D eigenvalue weighted by Crippen LogP contribution is -2.01. The van der Waals surface area contributed by atoms with Crippen LogP contribution in [0.5, 0.6) is 5.75 Å². The van der Waals surface area contributed by atoms with Gasteiger partial charge in [-0.2, -0.15) is 11.2 Å². The second-order valence-electron chi connectivity index (χ2n) is 2.64. The Morgan fingerprint density at radius 2 is 2.31 bits per heavy atom. The molecule has 0 saturated carbocycles. The average Bonchev–Trinajstić information content (AvgIpc) is 2.59. The van der Waals surface area contributed by atoms with Crippen molar-refractivity contribution in [3.8, 4) is 11.8 Å². The normalized spacial score (nSPS) is 9.85. The number of nitriles is 1. The van der Waals surface area contributed by atoms with Crippen molar-refractivity contribution in [2.45, 2.75) is 0 Å². The van der Waals surface area contributed by atoms with Crippen LogP contribution < -0.4 is 10.7 Å². The molecule has 0 aliphatic heterocycles. The zero-order valence-corrected chi connectivity index (χ0v) is 6.74. The van der Waals surface area contributed by atoms with Crippen LogP contribution in [0.2, 0.25) is 0 Å². The highest BCUT2D eigenvalue weighted by molar-refractivity contribution is 5.86. The molecule has 0 fully saturated rings. The first-order valence-corrected chi connectivity index (χ1v) is 3.73. The Morgan fingerprint density at radius 1 is 1.46 bits per heavy atom. The second-order valence-corrected chi connectivity index (χ2v) is 2.64. The van der Waals surface area contributed by atoms with E-state index in [-0.39, 0.29) is 0 Å². The van der Waals surface area contributed by atoms with Crippen molar-refractivity contribution >= 4 is 10.9 Å². The number of hydrogen-bond donors (Lipinski definition) is 2. The van der Waals surface area contributed by atoms with E-state index in [1.807, 2.05) is 0 Å². The van der Waals surface area contributed by atoms with Crippen LogP contribution in [-0.2, 0) is 0 Å². The van der Waals surface area contributed by atoms with Crippen LogP contribution >= 0.6 is 0 Å². The van der Waals surface area contributed by atoms with Gasteiger partial charge in [-0.25, -0.2) is 0 Å². The molecule has 1 heterocycles. The summed E-state index contributed by atoms with van der Waals surface area (Å²) in [4.78, 5) is 7.52. The predicted octanol–water partition coefficient (Wildman–Crippen LogP) is 1.29. The molecule has 0 unspecified atom stereocenters. The van der Waals surface area contributed by atoms with Gasteiger partial charge in [0.15, 0.2) is 0 Å². The van der Waals surface area contributed by atoms with Gasteiger partial charge in [-0.05, 0) is 12.1 Å². The predicted molar refractivity (Wildman–Crippen MR) is 47.8 cm³/mol. The van der Waals surface area contributed by atoms with Crippen LogP contribution in [0.1, 0.15) is 5.56 Å². The first-order valence-electron chi connectivity index (χ1n) is 3.73. The van der Waals surface area contributed by atoms with Crippen molar-refractivity contribution in [1.82, 2.24) is 4.98 Å². The minimum absolute atomic E-state index is 0.568. The largest absolute Gasteiger partial charge is 0.411 e. The summed E-state index contributed by atoms with van der Waals surface area (Å²) in [5.74, 6) is 5.57. The zero-order chi connectivity index (χ0) is 9.26. The van der Waals surface area contributed by atoms with Crippen LogP contribution in [0, 0.1) is 11.3 Å². The lowest BCUT2D eigenvalue weighted by atomic mass is 10.2. The molecule has 4 heteroatoms. The van der Waals surface area contributed by atoms with E-state index in [9.17, 15) is 0 Å². The maximum absolute atomic E-state index is 8.73. The number of H-pyrrole nitrogens is 1. The Kier molecular flexibility index (Phi) is 1.65. The van der Waals surface area contributed by atoms with Gasteiger partial charge in [0.05, 0.1) is 11.1 Å². The summed E-state index contributed by atoms with van der Waals surface area (Å²) in [7, 11) is 0.